The lowest BCUT2D eigenvalue weighted by atomic mass is 10.1. The van der Waals surface area contributed by atoms with Gasteiger partial charge in [-0.3, -0.25) is 9.88 Å². The highest BCUT2D eigenvalue weighted by atomic mass is 32.2. The molecule has 2 atom stereocenters. The van der Waals surface area contributed by atoms with E-state index in [0.29, 0.717) is 37.5 Å². The molecule has 2 saturated heterocycles. The highest BCUT2D eigenvalue weighted by molar-refractivity contribution is 7.89. The van der Waals surface area contributed by atoms with Gasteiger partial charge in [-0.2, -0.15) is 4.31 Å². The first kappa shape index (κ1) is 18.1. The molecule has 4 rings (SSSR count). The zero-order chi connectivity index (χ0) is 18.1. The lowest BCUT2D eigenvalue weighted by molar-refractivity contribution is -0.00989. The number of fused-ring (bicyclic) bond motifs is 1. The zero-order valence-electron chi connectivity index (χ0n) is 15.4. The topological polar surface area (TPSA) is 75.6 Å². The Morgan fingerprint density at radius 2 is 2.00 bits per heavy atom. The standard InChI is InChI=1S/C18H28N4O3S/c1-2-3-10-26(23,24)21-9-8-15-6-7-18(22(15)13-21)25-17-12-19-16(11-20-17)14-4-5-14/h11-12,14-15,18H,2-10,13H2,1H3/t15-,18-/m0/s1. The second-order valence-corrected chi connectivity index (χ2v) is 9.74. The van der Waals surface area contributed by atoms with Crippen LogP contribution in [0.25, 0.3) is 0 Å². The molecule has 1 aromatic heterocycles. The lowest BCUT2D eigenvalue weighted by Crippen LogP contribution is -2.53. The molecule has 0 aromatic carbocycles. The van der Waals surface area contributed by atoms with E-state index < -0.39 is 10.0 Å². The van der Waals surface area contributed by atoms with Crippen molar-refractivity contribution in [2.45, 2.75) is 70.1 Å². The fraction of sp³-hybridized carbons (Fsp3) is 0.778. The summed E-state index contributed by atoms with van der Waals surface area (Å²) in [6.07, 6.45) is 10.2. The van der Waals surface area contributed by atoms with Gasteiger partial charge in [-0.25, -0.2) is 13.4 Å². The number of unbranched alkanes of at least 4 members (excludes halogenated alkanes) is 1. The van der Waals surface area contributed by atoms with E-state index in [0.717, 1.165) is 31.4 Å². The van der Waals surface area contributed by atoms with Crippen LogP contribution in [0, 0.1) is 0 Å². The first-order chi connectivity index (χ1) is 12.6. The van der Waals surface area contributed by atoms with Crippen LogP contribution in [0.15, 0.2) is 12.4 Å². The van der Waals surface area contributed by atoms with Crippen molar-refractivity contribution >= 4 is 10.0 Å². The Morgan fingerprint density at radius 1 is 1.15 bits per heavy atom. The van der Waals surface area contributed by atoms with Gasteiger partial charge in [-0.15, -0.1) is 0 Å². The molecule has 2 aliphatic heterocycles. The third-order valence-corrected chi connectivity index (χ3v) is 7.56. The predicted molar refractivity (Wildman–Crippen MR) is 98.2 cm³/mol. The van der Waals surface area contributed by atoms with Crippen molar-refractivity contribution in [2.75, 3.05) is 19.0 Å². The Bertz CT molecular complexity index is 720. The molecule has 3 aliphatic rings. The van der Waals surface area contributed by atoms with Crippen LogP contribution in [0.4, 0.5) is 0 Å². The molecular formula is C18H28N4O3S. The minimum Gasteiger partial charge on any atom is -0.457 e. The van der Waals surface area contributed by atoms with Crippen LogP contribution in [0.1, 0.15) is 63.5 Å². The maximum atomic E-state index is 12.5. The van der Waals surface area contributed by atoms with Crippen molar-refractivity contribution in [3.8, 4) is 5.88 Å². The molecule has 144 valence electrons. The van der Waals surface area contributed by atoms with Gasteiger partial charge in [-0.05, 0) is 38.5 Å². The molecule has 1 aliphatic carbocycles. The summed E-state index contributed by atoms with van der Waals surface area (Å²) in [5.41, 5.74) is 1.05. The van der Waals surface area contributed by atoms with Crippen molar-refractivity contribution in [2.24, 2.45) is 0 Å². The molecule has 3 heterocycles. The van der Waals surface area contributed by atoms with E-state index in [9.17, 15) is 8.42 Å². The van der Waals surface area contributed by atoms with Crippen LogP contribution >= 0.6 is 0 Å². The first-order valence-corrected chi connectivity index (χ1v) is 11.4. The van der Waals surface area contributed by atoms with Gasteiger partial charge >= 0.3 is 0 Å². The van der Waals surface area contributed by atoms with E-state index in [-0.39, 0.29) is 12.0 Å². The maximum Gasteiger partial charge on any atom is 0.233 e. The Labute approximate surface area is 155 Å². The molecule has 0 unspecified atom stereocenters. The molecule has 1 aromatic rings. The van der Waals surface area contributed by atoms with E-state index in [1.807, 2.05) is 13.1 Å². The van der Waals surface area contributed by atoms with Crippen molar-refractivity contribution in [1.29, 1.82) is 0 Å². The Morgan fingerprint density at radius 3 is 2.69 bits per heavy atom. The molecule has 1 saturated carbocycles. The maximum absolute atomic E-state index is 12.5. The summed E-state index contributed by atoms with van der Waals surface area (Å²) in [5, 5.41) is 0. The summed E-state index contributed by atoms with van der Waals surface area (Å²) in [6, 6.07) is 0.399. The fourth-order valence-electron chi connectivity index (χ4n) is 3.89. The average molecular weight is 381 g/mol. The molecule has 0 spiro atoms. The van der Waals surface area contributed by atoms with Gasteiger partial charge < -0.3 is 4.74 Å². The van der Waals surface area contributed by atoms with Crippen LogP contribution in [0.3, 0.4) is 0 Å². The Hall–Kier alpha value is -1.25. The number of sulfonamides is 1. The molecule has 26 heavy (non-hydrogen) atoms. The van der Waals surface area contributed by atoms with Gasteiger partial charge in [0, 0.05) is 18.5 Å². The van der Waals surface area contributed by atoms with Gasteiger partial charge in [0.1, 0.15) is 0 Å². The summed E-state index contributed by atoms with van der Waals surface area (Å²) in [6.45, 7) is 3.06. The van der Waals surface area contributed by atoms with Gasteiger partial charge in [0.25, 0.3) is 0 Å². The quantitative estimate of drug-likeness (QED) is 0.723. The Balaban J connectivity index is 1.40. The third-order valence-electron chi connectivity index (χ3n) is 5.67. The van der Waals surface area contributed by atoms with Gasteiger partial charge in [0.05, 0.1) is 30.5 Å². The zero-order valence-corrected chi connectivity index (χ0v) is 16.2. The molecule has 7 nitrogen and oxygen atoms in total. The van der Waals surface area contributed by atoms with Crippen molar-refractivity contribution in [1.82, 2.24) is 19.2 Å². The number of rotatable bonds is 7. The number of ether oxygens (including phenoxy) is 1. The summed E-state index contributed by atoms with van der Waals surface area (Å²) in [4.78, 5) is 11.1. The lowest BCUT2D eigenvalue weighted by Gasteiger charge is -2.39. The molecule has 3 fully saturated rings. The number of hydrogen-bond donors (Lipinski definition) is 0. The second kappa shape index (κ2) is 7.40. The number of aromatic nitrogens is 2. The Kier molecular flexibility index (Phi) is 5.16. The second-order valence-electron chi connectivity index (χ2n) is 7.65. The van der Waals surface area contributed by atoms with Crippen LogP contribution < -0.4 is 4.74 Å². The SMILES string of the molecule is CCCCS(=O)(=O)N1CC[C@@H]2CC[C@H](Oc3cnc(C4CC4)cn3)N2C1. The van der Waals surface area contributed by atoms with Gasteiger partial charge in [0.2, 0.25) is 15.9 Å². The summed E-state index contributed by atoms with van der Waals surface area (Å²) < 4.78 is 32.8. The van der Waals surface area contributed by atoms with Crippen LogP contribution in [-0.2, 0) is 10.0 Å². The minimum absolute atomic E-state index is 0.120. The molecule has 8 heteroatoms. The minimum atomic E-state index is -3.18. The van der Waals surface area contributed by atoms with Crippen LogP contribution in [0.2, 0.25) is 0 Å². The normalized spacial score (nSPS) is 27.4. The number of nitrogens with zero attached hydrogens (tertiary/aromatic N) is 4. The summed E-state index contributed by atoms with van der Waals surface area (Å²) >= 11 is 0. The fourth-order valence-corrected chi connectivity index (χ4v) is 5.49. The molecule has 0 bridgehead atoms. The van der Waals surface area contributed by atoms with E-state index in [1.165, 1.54) is 12.8 Å². The van der Waals surface area contributed by atoms with Crippen molar-refractivity contribution in [3.63, 3.8) is 0 Å². The third kappa shape index (κ3) is 3.87. The van der Waals surface area contributed by atoms with Gasteiger partial charge in [-0.1, -0.05) is 13.3 Å². The van der Waals surface area contributed by atoms with E-state index >= 15 is 0 Å². The molecule has 0 N–H and O–H groups in total. The molecule has 0 radical (unpaired) electrons. The van der Waals surface area contributed by atoms with Crippen molar-refractivity contribution < 1.29 is 13.2 Å². The van der Waals surface area contributed by atoms with Crippen LogP contribution in [-0.4, -0.2) is 58.8 Å². The highest BCUT2D eigenvalue weighted by Gasteiger charge is 2.41. The first-order valence-electron chi connectivity index (χ1n) is 9.79. The predicted octanol–water partition coefficient (Wildman–Crippen LogP) is 2.32. The van der Waals surface area contributed by atoms with Gasteiger partial charge in [0.15, 0.2) is 6.23 Å². The number of hydrogen-bond acceptors (Lipinski definition) is 6. The van der Waals surface area contributed by atoms with Crippen LogP contribution in [0.5, 0.6) is 5.88 Å². The van der Waals surface area contributed by atoms with E-state index in [4.69, 9.17) is 4.74 Å². The van der Waals surface area contributed by atoms with E-state index in [2.05, 4.69) is 14.9 Å². The average Bonchev–Trinajstić information content (AvgIpc) is 3.42. The molecule has 0 amide bonds. The smallest absolute Gasteiger partial charge is 0.233 e. The molecular weight excluding hydrogens is 352 g/mol. The summed E-state index contributed by atoms with van der Waals surface area (Å²) in [5.74, 6) is 1.35. The van der Waals surface area contributed by atoms with Crippen molar-refractivity contribution in [3.05, 3.63) is 18.1 Å². The monoisotopic (exact) mass is 380 g/mol. The van der Waals surface area contributed by atoms with E-state index in [1.54, 1.807) is 10.5 Å². The summed E-state index contributed by atoms with van der Waals surface area (Å²) in [7, 11) is -3.18. The highest BCUT2D eigenvalue weighted by Crippen LogP contribution is 2.39. The largest absolute Gasteiger partial charge is 0.457 e.